The molecule has 1 saturated heterocycles. The number of nitrogens with one attached hydrogen (secondary N) is 2. The number of hydrogen-bond acceptors (Lipinski definition) is 4. The lowest BCUT2D eigenvalue weighted by Gasteiger charge is -2.29. The van der Waals surface area contributed by atoms with Gasteiger partial charge in [0.25, 0.3) is 0 Å². The molecule has 1 aliphatic rings. The van der Waals surface area contributed by atoms with Crippen LogP contribution >= 0.6 is 12.2 Å². The Bertz CT molecular complexity index is 1750. The van der Waals surface area contributed by atoms with Crippen LogP contribution in [0.1, 0.15) is 40.3 Å². The molecule has 0 saturated carbocycles. The fraction of sp³-hybridized carbons (Fsp3) is 0.125. The Morgan fingerprint density at radius 3 is 2.59 bits per heavy atom. The van der Waals surface area contributed by atoms with Gasteiger partial charge in [0.05, 0.1) is 23.3 Å². The van der Waals surface area contributed by atoms with Gasteiger partial charge in [0, 0.05) is 47.8 Å². The van der Waals surface area contributed by atoms with E-state index < -0.39 is 5.97 Å². The molecule has 1 aliphatic heterocycles. The van der Waals surface area contributed by atoms with Crippen molar-refractivity contribution in [3.63, 3.8) is 0 Å². The number of carbonyl (C=O) groups is 2. The van der Waals surface area contributed by atoms with Gasteiger partial charge >= 0.3 is 5.97 Å². The van der Waals surface area contributed by atoms with Crippen LogP contribution in [0.15, 0.2) is 109 Å². The van der Waals surface area contributed by atoms with E-state index in [1.807, 2.05) is 94.5 Å². The lowest BCUT2D eigenvalue weighted by Crippen LogP contribution is -2.33. The number of carboxylic acids is 1. The van der Waals surface area contributed by atoms with E-state index in [0.29, 0.717) is 11.7 Å². The highest BCUT2D eigenvalue weighted by Crippen LogP contribution is 2.39. The van der Waals surface area contributed by atoms with E-state index in [9.17, 15) is 14.7 Å². The number of thiocarbonyl (C=S) groups is 1. The normalized spacial score (nSPS) is 16.5. The van der Waals surface area contributed by atoms with Crippen LogP contribution in [0.2, 0.25) is 0 Å². The van der Waals surface area contributed by atoms with E-state index in [4.69, 9.17) is 12.2 Å². The van der Waals surface area contributed by atoms with Crippen molar-refractivity contribution < 1.29 is 14.7 Å². The topological polar surface area (TPSA) is 99.5 Å². The van der Waals surface area contributed by atoms with E-state index in [1.165, 1.54) is 0 Å². The monoisotopic (exact) mass is 561 g/mol. The summed E-state index contributed by atoms with van der Waals surface area (Å²) in [7, 11) is 0. The maximum Gasteiger partial charge on any atom is 0.335 e. The molecule has 9 heteroatoms. The number of nitrogens with zero attached hydrogens (tertiary/aromatic N) is 3. The van der Waals surface area contributed by atoms with Crippen molar-refractivity contribution in [3.8, 4) is 5.69 Å². The molecule has 204 valence electrons. The van der Waals surface area contributed by atoms with Crippen LogP contribution in [0.5, 0.6) is 0 Å². The van der Waals surface area contributed by atoms with Gasteiger partial charge in [0.1, 0.15) is 0 Å². The second-order valence-corrected chi connectivity index (χ2v) is 10.2. The average molecular weight is 562 g/mol. The molecule has 5 aromatic rings. The third-order valence-electron chi connectivity index (χ3n) is 7.30. The minimum Gasteiger partial charge on any atom is -0.478 e. The molecule has 0 aliphatic carbocycles. The van der Waals surface area contributed by atoms with Gasteiger partial charge in [-0.1, -0.05) is 48.5 Å². The first kappa shape index (κ1) is 26.2. The van der Waals surface area contributed by atoms with Crippen molar-refractivity contribution in [3.05, 3.63) is 126 Å². The maximum absolute atomic E-state index is 13.2. The zero-order valence-corrected chi connectivity index (χ0v) is 22.8. The van der Waals surface area contributed by atoms with E-state index >= 15 is 0 Å². The molecule has 0 unspecified atom stereocenters. The summed E-state index contributed by atoms with van der Waals surface area (Å²) in [5, 5.41) is 18.6. The van der Waals surface area contributed by atoms with Crippen LogP contribution in [0.4, 0.5) is 5.69 Å². The lowest BCUT2D eigenvalue weighted by molar-refractivity contribution is -0.116. The second kappa shape index (κ2) is 11.2. The van der Waals surface area contributed by atoms with E-state index in [-0.39, 0.29) is 30.0 Å². The van der Waals surface area contributed by atoms with E-state index in [1.54, 1.807) is 24.4 Å². The van der Waals surface area contributed by atoms with Crippen molar-refractivity contribution in [1.29, 1.82) is 0 Å². The van der Waals surface area contributed by atoms with Gasteiger partial charge in [-0.3, -0.25) is 9.78 Å². The summed E-state index contributed by atoms with van der Waals surface area (Å²) in [6.45, 7) is 0.372. The Labute approximate surface area is 242 Å². The Morgan fingerprint density at radius 2 is 1.76 bits per heavy atom. The molecule has 41 heavy (non-hydrogen) atoms. The van der Waals surface area contributed by atoms with Crippen LogP contribution in [0.3, 0.4) is 0 Å². The Balaban J connectivity index is 1.30. The minimum atomic E-state index is -0.991. The van der Waals surface area contributed by atoms with Gasteiger partial charge in [-0.25, -0.2) is 4.79 Å². The summed E-state index contributed by atoms with van der Waals surface area (Å²) in [6.07, 6.45) is 3.86. The first-order valence-corrected chi connectivity index (χ1v) is 13.7. The zero-order chi connectivity index (χ0) is 28.3. The molecule has 0 spiro atoms. The van der Waals surface area contributed by atoms with Crippen molar-refractivity contribution >= 4 is 45.7 Å². The van der Waals surface area contributed by atoms with Crippen LogP contribution in [0.25, 0.3) is 16.5 Å². The Morgan fingerprint density at radius 1 is 0.951 bits per heavy atom. The van der Waals surface area contributed by atoms with Crippen LogP contribution in [-0.4, -0.2) is 43.1 Å². The van der Waals surface area contributed by atoms with Gasteiger partial charge in [0.15, 0.2) is 5.11 Å². The lowest BCUT2D eigenvalue weighted by atomic mass is 10.0. The minimum absolute atomic E-state index is 0.117. The van der Waals surface area contributed by atoms with Crippen molar-refractivity contribution in [2.75, 3.05) is 11.9 Å². The van der Waals surface area contributed by atoms with Gasteiger partial charge < -0.3 is 25.2 Å². The number of carboxylic acid groups (broad SMARTS) is 1. The van der Waals surface area contributed by atoms with Gasteiger partial charge in [-0.15, -0.1) is 0 Å². The fourth-order valence-electron chi connectivity index (χ4n) is 5.40. The number of hydrogen-bond donors (Lipinski definition) is 3. The number of benzene rings is 3. The smallest absolute Gasteiger partial charge is 0.335 e. The SMILES string of the molecule is O=C(CCN1C(=S)N[C@H](c2ccccn2)[C@@H]1c1cccn1-c1cccc(C(=O)O)c1)Nc1cccc2ccccc12. The number of fused-ring (bicyclic) bond motifs is 1. The highest BCUT2D eigenvalue weighted by atomic mass is 32.1. The second-order valence-electron chi connectivity index (χ2n) is 9.80. The van der Waals surface area contributed by atoms with Crippen molar-refractivity contribution in [2.24, 2.45) is 0 Å². The fourth-order valence-corrected chi connectivity index (χ4v) is 5.73. The van der Waals surface area contributed by atoms with Gasteiger partial charge in [0.2, 0.25) is 5.91 Å². The summed E-state index contributed by atoms with van der Waals surface area (Å²) in [6, 6.07) is 29.7. The number of amides is 1. The summed E-state index contributed by atoms with van der Waals surface area (Å²) in [5.41, 5.74) is 3.39. The predicted octanol–water partition coefficient (Wildman–Crippen LogP) is 5.73. The molecule has 2 atom stereocenters. The third kappa shape index (κ3) is 5.27. The molecule has 0 radical (unpaired) electrons. The predicted molar refractivity (Wildman–Crippen MR) is 162 cm³/mol. The van der Waals surface area contributed by atoms with Crippen LogP contribution < -0.4 is 10.6 Å². The standard InChI is InChI=1S/C32H27N5O3S/c38-28(34-25-14-6-9-21-8-1-2-12-24(21)25)16-19-37-30(29(35-32(37)41)26-13-3-4-17-33-26)27-15-7-18-36(27)23-11-5-10-22(20-23)31(39)40/h1-15,17-18,20,29-30H,16,19H2,(H,34,38)(H,35,41)(H,39,40)/t29-,30+/m1/s1. The molecule has 3 aromatic carbocycles. The first-order valence-electron chi connectivity index (χ1n) is 13.3. The maximum atomic E-state index is 13.2. The highest BCUT2D eigenvalue weighted by Gasteiger charge is 2.41. The average Bonchev–Trinajstić information content (AvgIpc) is 3.61. The van der Waals surface area contributed by atoms with Crippen molar-refractivity contribution in [1.82, 2.24) is 19.8 Å². The van der Waals surface area contributed by atoms with E-state index in [2.05, 4.69) is 15.6 Å². The molecule has 2 aromatic heterocycles. The molecule has 1 fully saturated rings. The molecule has 3 N–H and O–H groups in total. The molecular formula is C32H27N5O3S. The summed E-state index contributed by atoms with van der Waals surface area (Å²) in [5.74, 6) is -1.11. The quantitative estimate of drug-likeness (QED) is 0.208. The molecular weight excluding hydrogens is 534 g/mol. The summed E-state index contributed by atoms with van der Waals surface area (Å²) < 4.78 is 1.96. The molecule has 1 amide bonds. The Kier molecular flexibility index (Phi) is 7.18. The molecule has 3 heterocycles. The zero-order valence-electron chi connectivity index (χ0n) is 22.0. The third-order valence-corrected chi connectivity index (χ3v) is 7.65. The number of carbonyl (C=O) groups excluding carboxylic acids is 1. The molecule has 0 bridgehead atoms. The summed E-state index contributed by atoms with van der Waals surface area (Å²) >= 11 is 5.80. The van der Waals surface area contributed by atoms with E-state index in [0.717, 1.165) is 33.5 Å². The van der Waals surface area contributed by atoms with Crippen LogP contribution in [-0.2, 0) is 4.79 Å². The largest absolute Gasteiger partial charge is 0.478 e. The van der Waals surface area contributed by atoms with Crippen LogP contribution in [0, 0.1) is 0 Å². The molecule has 8 nitrogen and oxygen atoms in total. The highest BCUT2D eigenvalue weighted by molar-refractivity contribution is 7.80. The first-order chi connectivity index (χ1) is 20.0. The summed E-state index contributed by atoms with van der Waals surface area (Å²) in [4.78, 5) is 31.4. The number of pyridine rings is 1. The Hall–Kier alpha value is -5.02. The van der Waals surface area contributed by atoms with Crippen molar-refractivity contribution in [2.45, 2.75) is 18.5 Å². The van der Waals surface area contributed by atoms with Gasteiger partial charge in [-0.05, 0) is 66.1 Å². The number of aromatic nitrogens is 2. The number of anilines is 1. The molecule has 6 rings (SSSR count). The van der Waals surface area contributed by atoms with Gasteiger partial charge in [-0.2, -0.15) is 0 Å². The number of rotatable bonds is 8. The number of aromatic carboxylic acids is 1.